The Morgan fingerprint density at radius 3 is 1.84 bits per heavy atom. The van der Waals surface area contributed by atoms with E-state index in [9.17, 15) is 9.59 Å². The minimum atomic E-state index is -1.44. The quantitative estimate of drug-likeness (QED) is 0.286. The van der Waals surface area contributed by atoms with E-state index < -0.39 is 11.5 Å². The van der Waals surface area contributed by atoms with Gasteiger partial charge < -0.3 is 0 Å². The zero-order valence-corrected chi connectivity index (χ0v) is 21.0. The molecular weight excluding hydrogens is 456 g/mol. The van der Waals surface area contributed by atoms with E-state index in [0.29, 0.717) is 29.2 Å². The summed E-state index contributed by atoms with van der Waals surface area (Å²) in [6.45, 7) is 4.31. The minimum Gasteiger partial charge on any atom is -0.292 e. The first-order chi connectivity index (χ1) is 18.0. The summed E-state index contributed by atoms with van der Waals surface area (Å²) in [5.41, 5.74) is 4.08. The summed E-state index contributed by atoms with van der Waals surface area (Å²) in [5.74, 6) is 0.0407. The molecule has 0 bridgehead atoms. The van der Waals surface area contributed by atoms with Crippen LogP contribution in [0.4, 0.5) is 5.69 Å². The van der Waals surface area contributed by atoms with Crippen LogP contribution in [0.5, 0.6) is 0 Å². The van der Waals surface area contributed by atoms with Crippen LogP contribution in [0.25, 0.3) is 0 Å². The van der Waals surface area contributed by atoms with Crippen molar-refractivity contribution in [1.82, 2.24) is 0 Å². The number of anilines is 1. The molecule has 4 aromatic rings. The van der Waals surface area contributed by atoms with Gasteiger partial charge in [-0.2, -0.15) is 5.10 Å². The fraction of sp³-hybridized carbons (Fsp3) is 0.182. The summed E-state index contributed by atoms with van der Waals surface area (Å²) in [7, 11) is 0. The van der Waals surface area contributed by atoms with E-state index >= 15 is 0 Å². The molecule has 0 amide bonds. The minimum absolute atomic E-state index is 0.167. The molecule has 182 valence electrons. The topological polar surface area (TPSA) is 49.7 Å². The highest BCUT2D eigenvalue weighted by Crippen LogP contribution is 2.54. The average molecular weight is 485 g/mol. The Morgan fingerprint density at radius 2 is 1.27 bits per heavy atom. The van der Waals surface area contributed by atoms with Crippen LogP contribution in [0.3, 0.4) is 0 Å². The van der Waals surface area contributed by atoms with Crippen LogP contribution in [0.2, 0.25) is 0 Å². The van der Waals surface area contributed by atoms with Gasteiger partial charge in [-0.25, -0.2) is 0 Å². The number of nitrogens with zero attached hydrogens (tertiary/aromatic N) is 2. The van der Waals surface area contributed by atoms with Crippen LogP contribution < -0.4 is 5.01 Å². The molecule has 0 aromatic heterocycles. The van der Waals surface area contributed by atoms with Crippen molar-refractivity contribution in [3.05, 3.63) is 137 Å². The second kappa shape index (κ2) is 8.97. The first-order valence-corrected chi connectivity index (χ1v) is 12.8. The van der Waals surface area contributed by atoms with Gasteiger partial charge in [0, 0.05) is 17.5 Å². The lowest BCUT2D eigenvalue weighted by molar-refractivity contribution is 0.0758. The lowest BCUT2D eigenvalue weighted by Crippen LogP contribution is -2.47. The number of benzene rings is 4. The zero-order valence-electron chi connectivity index (χ0n) is 21.0. The molecule has 0 radical (unpaired) electrons. The summed E-state index contributed by atoms with van der Waals surface area (Å²) in [4.78, 5) is 28.9. The molecule has 1 spiro atoms. The number of Topliss-reactive ketones (excluding diaryl/α,β-unsaturated/α-hetero) is 2. The van der Waals surface area contributed by atoms with E-state index in [0.717, 1.165) is 16.8 Å². The van der Waals surface area contributed by atoms with Gasteiger partial charge in [-0.1, -0.05) is 111 Å². The number of para-hydroxylation sites is 1. The first-order valence-electron chi connectivity index (χ1n) is 12.8. The maximum absolute atomic E-state index is 14.4. The van der Waals surface area contributed by atoms with Gasteiger partial charge in [0.15, 0.2) is 17.0 Å². The average Bonchev–Trinajstić information content (AvgIpc) is 3.39. The van der Waals surface area contributed by atoms with Gasteiger partial charge in [0.1, 0.15) is 6.04 Å². The summed E-state index contributed by atoms with van der Waals surface area (Å²) in [6.07, 6.45) is 0.413. The van der Waals surface area contributed by atoms with E-state index in [1.807, 2.05) is 77.8 Å². The highest BCUT2D eigenvalue weighted by atomic mass is 16.2. The van der Waals surface area contributed by atoms with Crippen molar-refractivity contribution >= 4 is 23.0 Å². The van der Waals surface area contributed by atoms with E-state index in [1.165, 1.54) is 5.56 Å². The van der Waals surface area contributed by atoms with Crippen LogP contribution in [0.15, 0.2) is 114 Å². The highest BCUT2D eigenvalue weighted by molar-refractivity contribution is 6.41. The normalized spacial score (nSPS) is 18.0. The summed E-state index contributed by atoms with van der Waals surface area (Å²) < 4.78 is 0. The van der Waals surface area contributed by atoms with E-state index in [-0.39, 0.29) is 11.6 Å². The van der Waals surface area contributed by atoms with Crippen LogP contribution >= 0.6 is 0 Å². The number of fused-ring (bicyclic) bond motifs is 1. The Kier molecular flexibility index (Phi) is 5.60. The molecule has 0 fully saturated rings. The van der Waals surface area contributed by atoms with Gasteiger partial charge in [-0.15, -0.1) is 0 Å². The van der Waals surface area contributed by atoms with Crippen molar-refractivity contribution in [3.63, 3.8) is 0 Å². The van der Waals surface area contributed by atoms with Crippen LogP contribution in [-0.2, 0) is 6.42 Å². The Labute approximate surface area is 217 Å². The molecule has 0 saturated carbocycles. The van der Waals surface area contributed by atoms with Crippen molar-refractivity contribution in [2.24, 2.45) is 10.5 Å². The van der Waals surface area contributed by atoms with Gasteiger partial charge in [-0.3, -0.25) is 14.6 Å². The van der Waals surface area contributed by atoms with Crippen molar-refractivity contribution in [3.8, 4) is 0 Å². The monoisotopic (exact) mass is 484 g/mol. The fourth-order valence-corrected chi connectivity index (χ4v) is 5.73. The number of hydrogen-bond donors (Lipinski definition) is 0. The molecule has 1 aliphatic heterocycles. The van der Waals surface area contributed by atoms with Gasteiger partial charge in [0.2, 0.25) is 0 Å². The lowest BCUT2D eigenvalue weighted by atomic mass is 9.68. The Balaban J connectivity index is 1.60. The third-order valence-electron chi connectivity index (χ3n) is 7.62. The molecule has 0 saturated heterocycles. The van der Waals surface area contributed by atoms with Gasteiger partial charge in [-0.05, 0) is 34.7 Å². The van der Waals surface area contributed by atoms with Gasteiger partial charge in [0.05, 0.1) is 11.4 Å². The molecule has 1 aliphatic carbocycles. The third kappa shape index (κ3) is 3.55. The Morgan fingerprint density at radius 1 is 0.730 bits per heavy atom. The Bertz CT molecular complexity index is 1470. The predicted octanol–water partition coefficient (Wildman–Crippen LogP) is 7.04. The summed E-state index contributed by atoms with van der Waals surface area (Å²) >= 11 is 0. The summed E-state index contributed by atoms with van der Waals surface area (Å²) in [5, 5.41) is 6.99. The number of rotatable bonds is 5. The maximum atomic E-state index is 14.4. The van der Waals surface area contributed by atoms with E-state index in [1.54, 1.807) is 12.1 Å². The number of hydrazone groups is 1. The molecule has 1 heterocycles. The van der Waals surface area contributed by atoms with Crippen molar-refractivity contribution in [2.45, 2.75) is 32.2 Å². The lowest BCUT2D eigenvalue weighted by Gasteiger charge is -2.34. The molecule has 4 aromatic carbocycles. The van der Waals surface area contributed by atoms with Crippen molar-refractivity contribution in [2.75, 3.05) is 5.01 Å². The van der Waals surface area contributed by atoms with Gasteiger partial charge in [0.25, 0.3) is 0 Å². The third-order valence-corrected chi connectivity index (χ3v) is 7.62. The van der Waals surface area contributed by atoms with Crippen molar-refractivity contribution < 1.29 is 9.59 Å². The zero-order chi connectivity index (χ0) is 25.6. The molecule has 0 N–H and O–H groups in total. The van der Waals surface area contributed by atoms with Crippen LogP contribution in [0.1, 0.15) is 63.2 Å². The molecule has 4 heteroatoms. The van der Waals surface area contributed by atoms with E-state index in [4.69, 9.17) is 5.10 Å². The SMILES string of the molecule is CC(C)c1ccc(C2N(c3ccccc3)N=C(Cc3ccccc3)C23C(=O)c2ccccc2C3=O)cc1. The molecule has 1 atom stereocenters. The number of carbonyl (C=O) groups is 2. The van der Waals surface area contributed by atoms with E-state index in [2.05, 4.69) is 38.1 Å². The van der Waals surface area contributed by atoms with Gasteiger partial charge >= 0.3 is 0 Å². The number of hydrogen-bond acceptors (Lipinski definition) is 4. The number of ketones is 2. The molecule has 6 rings (SSSR count). The first kappa shape index (κ1) is 23.1. The predicted molar refractivity (Wildman–Crippen MR) is 147 cm³/mol. The second-order valence-electron chi connectivity index (χ2n) is 10.1. The van der Waals surface area contributed by atoms with Crippen LogP contribution in [0, 0.1) is 5.41 Å². The molecule has 37 heavy (non-hydrogen) atoms. The standard InChI is InChI=1S/C33H28N2O2/c1-22(2)24-17-19-25(20-18-24)30-33(31(36)27-15-9-10-16-28(27)32(33)37)29(21-23-11-5-3-6-12-23)34-35(30)26-13-7-4-8-14-26/h3-20,22,30H,21H2,1-2H3. The summed E-state index contributed by atoms with van der Waals surface area (Å²) in [6, 6.07) is 34.7. The molecule has 4 nitrogen and oxygen atoms in total. The number of carbonyl (C=O) groups excluding carboxylic acids is 2. The van der Waals surface area contributed by atoms with Crippen molar-refractivity contribution in [1.29, 1.82) is 0 Å². The van der Waals surface area contributed by atoms with Crippen LogP contribution in [-0.4, -0.2) is 17.3 Å². The fourth-order valence-electron chi connectivity index (χ4n) is 5.73. The largest absolute Gasteiger partial charge is 0.292 e. The highest BCUT2D eigenvalue weighted by Gasteiger charge is 2.65. The smallest absolute Gasteiger partial charge is 0.185 e. The second-order valence-corrected chi connectivity index (χ2v) is 10.1. The maximum Gasteiger partial charge on any atom is 0.185 e. The molecular formula is C33H28N2O2. The Hall–Kier alpha value is -4.31. The molecule has 1 unspecified atom stereocenters. The molecule has 2 aliphatic rings.